The molecule has 4 heterocycles. The van der Waals surface area contributed by atoms with E-state index in [0.717, 1.165) is 43.9 Å². The Kier molecular flexibility index (Phi) is 6.20. The summed E-state index contributed by atoms with van der Waals surface area (Å²) < 4.78 is 23.7. The third-order valence-electron chi connectivity index (χ3n) is 6.31. The minimum absolute atomic E-state index is 0.00665. The number of ether oxygens (including phenoxy) is 2. The van der Waals surface area contributed by atoms with E-state index in [2.05, 4.69) is 27.3 Å². The Morgan fingerprint density at radius 1 is 1.45 bits per heavy atom. The van der Waals surface area contributed by atoms with Gasteiger partial charge in [-0.3, -0.25) is 9.97 Å². The maximum absolute atomic E-state index is 10.5. The van der Waals surface area contributed by atoms with Crippen LogP contribution in [0.5, 0.6) is 0 Å². The van der Waals surface area contributed by atoms with E-state index in [-0.39, 0.29) is 27.1 Å². The first-order valence-corrected chi connectivity index (χ1v) is 11.3. The quantitative estimate of drug-likeness (QED) is 0.301. The Bertz CT molecular complexity index is 750. The molecule has 0 amide bonds. The van der Waals surface area contributed by atoms with E-state index in [0.29, 0.717) is 17.9 Å². The summed E-state index contributed by atoms with van der Waals surface area (Å²) in [7, 11) is 4.05. The summed E-state index contributed by atoms with van der Waals surface area (Å²) in [5.41, 5.74) is 1.17. The Morgan fingerprint density at radius 2 is 2.28 bits per heavy atom. The molecule has 0 aromatic carbocycles. The molecule has 3 aliphatic rings. The number of amidine groups is 1. The lowest BCUT2D eigenvalue weighted by Crippen LogP contribution is -2.63. The predicted molar refractivity (Wildman–Crippen MR) is 111 cm³/mol. The second kappa shape index (κ2) is 8.68. The average molecular weight is 422 g/mol. The number of rotatable bonds is 7. The van der Waals surface area contributed by atoms with Gasteiger partial charge in [0.2, 0.25) is 0 Å². The van der Waals surface area contributed by atoms with Crippen molar-refractivity contribution in [2.24, 2.45) is 5.41 Å². The molecule has 2 unspecified atom stereocenters. The zero-order chi connectivity index (χ0) is 20.4. The molecule has 0 saturated carbocycles. The van der Waals surface area contributed by atoms with Gasteiger partial charge in [0.1, 0.15) is 18.0 Å². The van der Waals surface area contributed by atoms with Crippen molar-refractivity contribution < 1.29 is 14.0 Å². The van der Waals surface area contributed by atoms with Gasteiger partial charge in [-0.15, -0.1) is 0 Å². The van der Waals surface area contributed by atoms with Crippen LogP contribution in [0.15, 0.2) is 6.20 Å². The molecule has 1 aromatic rings. The van der Waals surface area contributed by atoms with E-state index in [4.69, 9.17) is 14.9 Å². The number of hydrogen-bond acceptors (Lipinski definition) is 7. The molecule has 4 rings (SSSR count). The highest BCUT2D eigenvalue weighted by molar-refractivity contribution is 7.23. The molecule has 1 spiro atoms. The van der Waals surface area contributed by atoms with Gasteiger partial charge < -0.3 is 24.6 Å². The summed E-state index contributed by atoms with van der Waals surface area (Å²) in [5, 5.41) is 16.5. The zero-order valence-corrected chi connectivity index (χ0v) is 18.2. The molecule has 0 aliphatic carbocycles. The molecule has 2 N–H and O–H groups in total. The van der Waals surface area contributed by atoms with Gasteiger partial charge in [0.15, 0.2) is 14.7 Å². The van der Waals surface area contributed by atoms with Gasteiger partial charge in [-0.25, -0.2) is 4.68 Å². The van der Waals surface area contributed by atoms with Crippen molar-refractivity contribution in [2.45, 2.75) is 38.0 Å². The van der Waals surface area contributed by atoms with Crippen LogP contribution in [0.25, 0.3) is 0 Å². The van der Waals surface area contributed by atoms with Crippen LogP contribution in [0.4, 0.5) is 5.82 Å². The first kappa shape index (κ1) is 20.7. The number of piperidine rings is 1. The summed E-state index contributed by atoms with van der Waals surface area (Å²) in [6.07, 6.45) is 5.99. The first-order valence-electron chi connectivity index (χ1n) is 10.4. The molecular weight excluding hydrogens is 391 g/mol. The van der Waals surface area contributed by atoms with Crippen LogP contribution in [-0.2, 0) is 14.0 Å². The lowest BCUT2D eigenvalue weighted by atomic mass is 9.73. The standard InChI is InChI=1S/C19H31N6O3P/c1-21-18-15(17(20)24-11-19(12-24)6-3-7-23(2)10-19)8-22-25(18)16-5-4-14(28-16)9-27-13-29-26/h8,14,16,20-21H,3-7,9-13H2,1-2H3. The smallest absolute Gasteiger partial charge is 0.183 e. The number of nitrogens with zero attached hydrogens (tertiary/aromatic N) is 4. The Morgan fingerprint density at radius 3 is 3.00 bits per heavy atom. The van der Waals surface area contributed by atoms with Crippen molar-refractivity contribution in [2.75, 3.05) is 58.5 Å². The molecule has 9 nitrogen and oxygen atoms in total. The molecular formula is C19H31N6O3P. The van der Waals surface area contributed by atoms with Gasteiger partial charge in [0.25, 0.3) is 0 Å². The number of aromatic nitrogens is 2. The fourth-order valence-electron chi connectivity index (χ4n) is 5.02. The number of anilines is 1. The summed E-state index contributed by atoms with van der Waals surface area (Å²) in [6.45, 7) is 4.64. The van der Waals surface area contributed by atoms with E-state index in [1.165, 1.54) is 19.4 Å². The Labute approximate surface area is 173 Å². The lowest BCUT2D eigenvalue weighted by Gasteiger charge is -2.55. The van der Waals surface area contributed by atoms with E-state index in [1.54, 1.807) is 6.20 Å². The maximum Gasteiger partial charge on any atom is 0.183 e. The topological polar surface area (TPSA) is 95.7 Å². The third kappa shape index (κ3) is 4.19. The molecule has 3 aliphatic heterocycles. The predicted octanol–water partition coefficient (Wildman–Crippen LogP) is 2.22. The molecule has 160 valence electrons. The van der Waals surface area contributed by atoms with Crippen molar-refractivity contribution in [3.05, 3.63) is 11.8 Å². The normalized spacial score (nSPS) is 26.8. The Balaban J connectivity index is 1.39. The second-order valence-electron chi connectivity index (χ2n) is 8.57. The molecule has 10 heteroatoms. The van der Waals surface area contributed by atoms with Crippen LogP contribution >= 0.6 is 8.46 Å². The SMILES string of the molecule is CNc1c(C(=N)N2CC3(CCCN(C)C3)C2)cnn1C1CCC(COCP=O)O1. The van der Waals surface area contributed by atoms with E-state index >= 15 is 0 Å². The van der Waals surface area contributed by atoms with Crippen LogP contribution in [0.1, 0.15) is 37.5 Å². The van der Waals surface area contributed by atoms with E-state index in [1.807, 2.05) is 11.7 Å². The monoisotopic (exact) mass is 422 g/mol. The fourth-order valence-corrected chi connectivity index (χ4v) is 5.20. The van der Waals surface area contributed by atoms with Crippen LogP contribution < -0.4 is 5.32 Å². The lowest BCUT2D eigenvalue weighted by molar-refractivity contribution is -0.0382. The van der Waals surface area contributed by atoms with E-state index in [9.17, 15) is 4.57 Å². The largest absolute Gasteiger partial charge is 0.373 e. The number of nitrogens with one attached hydrogen (secondary N) is 2. The van der Waals surface area contributed by atoms with Gasteiger partial charge >= 0.3 is 0 Å². The van der Waals surface area contributed by atoms with Crippen LogP contribution in [0.3, 0.4) is 0 Å². The van der Waals surface area contributed by atoms with E-state index < -0.39 is 0 Å². The Hall–Kier alpha value is -1.54. The fraction of sp³-hybridized carbons (Fsp3) is 0.789. The molecule has 3 fully saturated rings. The summed E-state index contributed by atoms with van der Waals surface area (Å²) >= 11 is 0. The van der Waals surface area contributed by atoms with Crippen molar-refractivity contribution in [3.8, 4) is 0 Å². The van der Waals surface area contributed by atoms with Gasteiger partial charge in [0, 0.05) is 32.1 Å². The molecule has 3 saturated heterocycles. The van der Waals surface area contributed by atoms with Crippen LogP contribution in [0, 0.1) is 10.8 Å². The number of hydrogen-bond donors (Lipinski definition) is 2. The first-order chi connectivity index (χ1) is 14.0. The van der Waals surface area contributed by atoms with Crippen LogP contribution in [0.2, 0.25) is 0 Å². The molecule has 0 bridgehead atoms. The van der Waals surface area contributed by atoms with Crippen molar-refractivity contribution >= 4 is 20.1 Å². The molecule has 0 radical (unpaired) electrons. The summed E-state index contributed by atoms with van der Waals surface area (Å²) in [4.78, 5) is 4.57. The molecule has 29 heavy (non-hydrogen) atoms. The maximum atomic E-state index is 10.5. The minimum atomic E-state index is -0.174. The summed E-state index contributed by atoms with van der Waals surface area (Å²) in [5.74, 6) is 1.35. The zero-order valence-electron chi connectivity index (χ0n) is 17.3. The third-order valence-corrected chi connectivity index (χ3v) is 6.60. The van der Waals surface area contributed by atoms with Gasteiger partial charge in [0.05, 0.1) is 24.5 Å². The van der Waals surface area contributed by atoms with Gasteiger partial charge in [-0.2, -0.15) is 5.10 Å². The minimum Gasteiger partial charge on any atom is -0.373 e. The van der Waals surface area contributed by atoms with Gasteiger partial charge in [-0.05, 0) is 39.3 Å². The molecule has 1 aromatic heterocycles. The highest BCUT2D eigenvalue weighted by Crippen LogP contribution is 2.40. The van der Waals surface area contributed by atoms with Crippen molar-refractivity contribution in [1.82, 2.24) is 19.6 Å². The van der Waals surface area contributed by atoms with Crippen molar-refractivity contribution in [1.29, 1.82) is 5.41 Å². The second-order valence-corrected chi connectivity index (χ2v) is 9.08. The van der Waals surface area contributed by atoms with Crippen molar-refractivity contribution in [3.63, 3.8) is 0 Å². The average Bonchev–Trinajstić information content (AvgIpc) is 3.32. The number of likely N-dealkylation sites (tertiary alicyclic amines) is 2. The highest BCUT2D eigenvalue weighted by Gasteiger charge is 2.46. The summed E-state index contributed by atoms with van der Waals surface area (Å²) in [6, 6.07) is 0. The molecule has 2 atom stereocenters. The highest BCUT2D eigenvalue weighted by atomic mass is 31.1. The van der Waals surface area contributed by atoms with Gasteiger partial charge in [-0.1, -0.05) is 0 Å². The van der Waals surface area contributed by atoms with Crippen LogP contribution in [-0.4, -0.2) is 84.7 Å².